The standard InChI is InChI=1S/C33H54O11/c1-29(2,40)9-8-26(38)32(5,41)25-7-11-33(42)18-12-20(35)19-13-23(43-27-14-21(36)28(39)24(16-34)44-27)22(37)15-30(19,3)17(18)6-10-31(25,33)4/h12,17,19,21-28,34,36-42H,6-11,13-16H2,1-5H3/t17-,19-,21+,22-,23+,24+,25-,26?,27+,28-,30+,31+,32+,33+/m0/s1. The molecule has 4 aliphatic carbocycles. The fraction of sp³-hybridized carbons (Fsp3) is 0.909. The number of ether oxygens (including phenoxy) is 2. The molecule has 5 aliphatic rings. The van der Waals surface area contributed by atoms with Crippen molar-refractivity contribution in [3.8, 4) is 0 Å². The second kappa shape index (κ2) is 11.6. The van der Waals surface area contributed by atoms with Crippen LogP contribution in [0, 0.1) is 28.6 Å². The van der Waals surface area contributed by atoms with Crippen LogP contribution in [0.5, 0.6) is 0 Å². The quantitative estimate of drug-likeness (QED) is 0.189. The molecule has 3 saturated carbocycles. The van der Waals surface area contributed by atoms with Crippen molar-refractivity contribution in [1.29, 1.82) is 0 Å². The van der Waals surface area contributed by atoms with Crippen LogP contribution in [-0.4, -0.2) is 113 Å². The minimum atomic E-state index is -1.52. The van der Waals surface area contributed by atoms with E-state index in [0.717, 1.165) is 0 Å². The van der Waals surface area contributed by atoms with Crippen molar-refractivity contribution in [2.75, 3.05) is 6.61 Å². The lowest BCUT2D eigenvalue weighted by molar-refractivity contribution is -0.285. The number of carbonyl (C=O) groups excluding carboxylic acids is 1. The molecular formula is C33H54O11. The molecule has 11 heteroatoms. The number of aliphatic hydroxyl groups excluding tert-OH is 5. The van der Waals surface area contributed by atoms with Gasteiger partial charge in [0.25, 0.3) is 0 Å². The number of allylic oxidation sites excluding steroid dienone is 1. The third-order valence-corrected chi connectivity index (χ3v) is 12.5. The molecule has 1 saturated heterocycles. The zero-order valence-corrected chi connectivity index (χ0v) is 26.7. The molecule has 5 rings (SSSR count). The summed E-state index contributed by atoms with van der Waals surface area (Å²) >= 11 is 0. The highest BCUT2D eigenvalue weighted by atomic mass is 16.7. The predicted octanol–water partition coefficient (Wildman–Crippen LogP) is 0.707. The topological polar surface area (TPSA) is 197 Å². The van der Waals surface area contributed by atoms with Gasteiger partial charge in [-0.1, -0.05) is 13.8 Å². The van der Waals surface area contributed by atoms with Crippen LogP contribution in [0.2, 0.25) is 0 Å². The Labute approximate surface area is 259 Å². The van der Waals surface area contributed by atoms with Gasteiger partial charge in [0, 0.05) is 17.8 Å². The Kier molecular flexibility index (Phi) is 9.06. The van der Waals surface area contributed by atoms with E-state index in [-0.39, 0.29) is 37.4 Å². The fourth-order valence-corrected chi connectivity index (χ4v) is 9.80. The maximum Gasteiger partial charge on any atom is 0.161 e. The first-order chi connectivity index (χ1) is 20.3. The van der Waals surface area contributed by atoms with Gasteiger partial charge in [0.05, 0.1) is 47.8 Å². The molecule has 11 nitrogen and oxygen atoms in total. The fourth-order valence-electron chi connectivity index (χ4n) is 9.80. The molecular weight excluding hydrogens is 572 g/mol. The summed E-state index contributed by atoms with van der Waals surface area (Å²) in [6.07, 6.45) is -2.64. The van der Waals surface area contributed by atoms with E-state index in [1.807, 2.05) is 13.8 Å². The molecule has 1 heterocycles. The van der Waals surface area contributed by atoms with Gasteiger partial charge >= 0.3 is 0 Å². The van der Waals surface area contributed by atoms with Crippen molar-refractivity contribution in [3.63, 3.8) is 0 Å². The van der Waals surface area contributed by atoms with Crippen molar-refractivity contribution in [3.05, 3.63) is 11.6 Å². The van der Waals surface area contributed by atoms with Crippen LogP contribution in [0.15, 0.2) is 11.6 Å². The van der Waals surface area contributed by atoms with E-state index >= 15 is 0 Å². The monoisotopic (exact) mass is 626 g/mol. The molecule has 1 unspecified atom stereocenters. The highest BCUT2D eigenvalue weighted by Gasteiger charge is 2.69. The van der Waals surface area contributed by atoms with Gasteiger partial charge in [-0.15, -0.1) is 0 Å². The zero-order valence-electron chi connectivity index (χ0n) is 26.7. The van der Waals surface area contributed by atoms with Crippen LogP contribution < -0.4 is 0 Å². The Morgan fingerprint density at radius 1 is 1.05 bits per heavy atom. The van der Waals surface area contributed by atoms with Gasteiger partial charge in [-0.05, 0) is 101 Å². The van der Waals surface area contributed by atoms with Gasteiger partial charge in [-0.3, -0.25) is 4.79 Å². The average molecular weight is 627 g/mol. The van der Waals surface area contributed by atoms with Crippen LogP contribution in [-0.2, 0) is 14.3 Å². The SMILES string of the molecule is CC(C)(O)CCC(O)[C@](C)(O)[C@H]1CC[C@@]2(O)C3=CC(=O)[C@@H]4C[C@@H](O[C@H]5C[C@@H](O)[C@H](O)[C@@H](CO)O5)[C@@H](O)C[C@]4(C)[C@H]3CC[C@]12C. The van der Waals surface area contributed by atoms with E-state index in [9.17, 15) is 45.6 Å². The smallest absolute Gasteiger partial charge is 0.161 e. The van der Waals surface area contributed by atoms with E-state index < -0.39 is 89.0 Å². The summed E-state index contributed by atoms with van der Waals surface area (Å²) < 4.78 is 11.7. The zero-order chi connectivity index (χ0) is 32.6. The first-order valence-corrected chi connectivity index (χ1v) is 16.4. The van der Waals surface area contributed by atoms with Crippen LogP contribution in [0.3, 0.4) is 0 Å². The largest absolute Gasteiger partial charge is 0.394 e. The Balaban J connectivity index is 1.36. The number of rotatable bonds is 8. The number of fused-ring (bicyclic) bond motifs is 5. The van der Waals surface area contributed by atoms with Crippen molar-refractivity contribution in [1.82, 2.24) is 0 Å². The summed E-state index contributed by atoms with van der Waals surface area (Å²) in [6.45, 7) is 8.39. The highest BCUT2D eigenvalue weighted by molar-refractivity contribution is 5.95. The molecule has 0 aromatic heterocycles. The van der Waals surface area contributed by atoms with Gasteiger partial charge in [0.2, 0.25) is 0 Å². The van der Waals surface area contributed by atoms with Gasteiger partial charge in [0.15, 0.2) is 12.1 Å². The molecule has 8 N–H and O–H groups in total. The molecule has 0 radical (unpaired) electrons. The Hall–Kier alpha value is -0.990. The van der Waals surface area contributed by atoms with Crippen molar-refractivity contribution in [2.24, 2.45) is 28.6 Å². The number of hydrogen-bond donors (Lipinski definition) is 8. The second-order valence-electron chi connectivity index (χ2n) is 15.9. The first kappa shape index (κ1) is 34.3. The van der Waals surface area contributed by atoms with Crippen LogP contribution >= 0.6 is 0 Å². The molecule has 44 heavy (non-hydrogen) atoms. The van der Waals surface area contributed by atoms with E-state index in [0.29, 0.717) is 37.7 Å². The summed E-state index contributed by atoms with van der Waals surface area (Å²) in [6, 6.07) is 0. The third kappa shape index (κ3) is 5.52. The average Bonchev–Trinajstić information content (AvgIpc) is 3.21. The highest BCUT2D eigenvalue weighted by Crippen LogP contribution is 2.68. The van der Waals surface area contributed by atoms with Gasteiger partial charge in [-0.2, -0.15) is 0 Å². The van der Waals surface area contributed by atoms with Crippen molar-refractivity contribution < 1.29 is 55.1 Å². The minimum absolute atomic E-state index is 0.0353. The van der Waals surface area contributed by atoms with Gasteiger partial charge < -0.3 is 50.3 Å². The number of hydrogen-bond acceptors (Lipinski definition) is 11. The summed E-state index contributed by atoms with van der Waals surface area (Å²) in [7, 11) is 0. The number of aliphatic hydroxyl groups is 8. The maximum absolute atomic E-state index is 13.9. The Morgan fingerprint density at radius 3 is 2.36 bits per heavy atom. The lowest BCUT2D eigenvalue weighted by atomic mass is 9.45. The summed E-state index contributed by atoms with van der Waals surface area (Å²) in [5.74, 6) is -1.25. The number of ketones is 1. The van der Waals surface area contributed by atoms with Crippen LogP contribution in [0.1, 0.15) is 92.4 Å². The van der Waals surface area contributed by atoms with E-state index in [1.54, 1.807) is 26.8 Å². The summed E-state index contributed by atoms with van der Waals surface area (Å²) in [5.41, 5.74) is -4.67. The van der Waals surface area contributed by atoms with E-state index in [4.69, 9.17) is 9.47 Å². The maximum atomic E-state index is 13.9. The van der Waals surface area contributed by atoms with Gasteiger partial charge in [0.1, 0.15) is 12.2 Å². The predicted molar refractivity (Wildman–Crippen MR) is 158 cm³/mol. The van der Waals surface area contributed by atoms with Crippen LogP contribution in [0.25, 0.3) is 0 Å². The van der Waals surface area contributed by atoms with Crippen LogP contribution in [0.4, 0.5) is 0 Å². The summed E-state index contributed by atoms with van der Waals surface area (Å²) in [4.78, 5) is 13.9. The molecule has 1 aliphatic heterocycles. The van der Waals surface area contributed by atoms with Crippen molar-refractivity contribution >= 4 is 5.78 Å². The number of carbonyl (C=O) groups is 1. The lowest BCUT2D eigenvalue weighted by Crippen LogP contribution is -2.63. The van der Waals surface area contributed by atoms with Gasteiger partial charge in [-0.25, -0.2) is 0 Å². The Bertz CT molecular complexity index is 1120. The van der Waals surface area contributed by atoms with Crippen molar-refractivity contribution in [2.45, 2.75) is 152 Å². The summed E-state index contributed by atoms with van der Waals surface area (Å²) in [5, 5.41) is 86.6. The lowest BCUT2D eigenvalue weighted by Gasteiger charge is -2.61. The molecule has 252 valence electrons. The van der Waals surface area contributed by atoms with E-state index in [1.165, 1.54) is 0 Å². The molecule has 0 spiro atoms. The second-order valence-corrected chi connectivity index (χ2v) is 15.9. The van der Waals surface area contributed by atoms with E-state index in [2.05, 4.69) is 0 Å². The minimum Gasteiger partial charge on any atom is -0.394 e. The molecule has 0 amide bonds. The third-order valence-electron chi connectivity index (χ3n) is 12.5. The molecule has 0 aromatic carbocycles. The normalized spacial score (nSPS) is 48.1. The molecule has 0 bridgehead atoms. The molecule has 4 fully saturated rings. The Morgan fingerprint density at radius 2 is 1.73 bits per heavy atom. The molecule has 0 aromatic rings. The first-order valence-electron chi connectivity index (χ1n) is 16.4. The molecule has 14 atom stereocenters.